The highest BCUT2D eigenvalue weighted by Crippen LogP contribution is 2.24. The van der Waals surface area contributed by atoms with Crippen LogP contribution >= 0.6 is 0 Å². The predicted octanol–water partition coefficient (Wildman–Crippen LogP) is 3.61. The highest BCUT2D eigenvalue weighted by atomic mass is 15.0. The van der Waals surface area contributed by atoms with E-state index in [1.54, 1.807) is 6.20 Å². The number of hydrogen-bond acceptors (Lipinski definition) is 4. The molecule has 1 aliphatic heterocycles. The number of fused-ring (bicyclic) bond motifs is 1. The number of piperidine rings is 1. The summed E-state index contributed by atoms with van der Waals surface area (Å²) in [6, 6.07) is 4.99. The lowest BCUT2D eigenvalue weighted by Gasteiger charge is -2.19. The van der Waals surface area contributed by atoms with Gasteiger partial charge in [-0.25, -0.2) is 0 Å². The number of benzene rings is 1. The van der Waals surface area contributed by atoms with Gasteiger partial charge in [0, 0.05) is 41.6 Å². The number of aliphatic imine (C=N–C) groups is 1. The molecule has 2 heterocycles. The molecule has 1 unspecified atom stereocenters. The summed E-state index contributed by atoms with van der Waals surface area (Å²) in [4.78, 5) is 4.82. The van der Waals surface area contributed by atoms with Crippen LogP contribution < -0.4 is 26.9 Å². The Morgan fingerprint density at radius 3 is 2.71 bits per heavy atom. The maximum atomic E-state index is 6.01. The van der Waals surface area contributed by atoms with Gasteiger partial charge in [0.1, 0.15) is 0 Å². The quantitative estimate of drug-likeness (QED) is 0.376. The van der Waals surface area contributed by atoms with Gasteiger partial charge in [0.05, 0.1) is 12.1 Å². The van der Waals surface area contributed by atoms with E-state index in [1.165, 1.54) is 27.2 Å². The van der Waals surface area contributed by atoms with Crippen LogP contribution in [0, 0.1) is 6.92 Å². The Bertz CT molecular complexity index is 1190. The number of aryl methyl sites for hydroxylation is 1. The van der Waals surface area contributed by atoms with Gasteiger partial charge < -0.3 is 20.9 Å². The second-order valence-electron chi connectivity index (χ2n) is 9.14. The van der Waals surface area contributed by atoms with Gasteiger partial charge in [0.2, 0.25) is 0 Å². The molecule has 0 radical (unpaired) electrons. The van der Waals surface area contributed by atoms with Crippen LogP contribution in [0.15, 0.2) is 53.8 Å². The number of nitrogens with zero attached hydrogens (tertiary/aromatic N) is 2. The number of nitrogens with one attached hydrogen (secondary N) is 2. The Hall–Kier alpha value is -3.05. The molecule has 1 saturated heterocycles. The molecule has 5 heteroatoms. The van der Waals surface area contributed by atoms with E-state index in [1.807, 2.05) is 19.3 Å². The fourth-order valence-corrected chi connectivity index (χ4v) is 4.90. The lowest BCUT2D eigenvalue weighted by Crippen LogP contribution is -2.29. The molecule has 1 aromatic heterocycles. The Morgan fingerprint density at radius 1 is 1.35 bits per heavy atom. The zero-order chi connectivity index (χ0) is 24.7. The van der Waals surface area contributed by atoms with Gasteiger partial charge in [-0.1, -0.05) is 31.4 Å². The summed E-state index contributed by atoms with van der Waals surface area (Å²) in [5.74, 6) is 0. The monoisotopic (exact) mass is 459 g/mol. The summed E-state index contributed by atoms with van der Waals surface area (Å²) in [5.41, 5.74) is 11.7. The van der Waals surface area contributed by atoms with Gasteiger partial charge in [-0.15, -0.1) is 6.58 Å². The van der Waals surface area contributed by atoms with Gasteiger partial charge in [-0.2, -0.15) is 0 Å². The lowest BCUT2D eigenvalue weighted by atomic mass is 9.99. The van der Waals surface area contributed by atoms with Gasteiger partial charge >= 0.3 is 0 Å². The molecule has 5 nitrogen and oxygen atoms in total. The van der Waals surface area contributed by atoms with E-state index in [0.717, 1.165) is 61.8 Å². The zero-order valence-electron chi connectivity index (χ0n) is 21.2. The number of hydrogen-bond donors (Lipinski definition) is 3. The van der Waals surface area contributed by atoms with Crippen molar-refractivity contribution in [1.29, 1.82) is 0 Å². The Kier molecular flexibility index (Phi) is 8.94. The first-order valence-corrected chi connectivity index (χ1v) is 12.4. The molecule has 0 amide bonds. The standard InChI is InChI=1S/C29H41N5/c1-7-26(11-9-20(3)31-6)34-22(5)21(4)29-27(8-2)24(10-12-28(29)34)17-23(18-30)19-33-25-13-15-32-16-14-25/h7-8,10,12,18-19,25-26,31-32H,1,3,5,9,11,13-17,30H2,2,4,6H3/b23-18-,27-8-,33-19?. The fraction of sp³-hybridized carbons (Fsp3) is 0.414. The van der Waals surface area contributed by atoms with E-state index in [0.29, 0.717) is 6.04 Å². The van der Waals surface area contributed by atoms with Crippen molar-refractivity contribution in [3.63, 3.8) is 0 Å². The van der Waals surface area contributed by atoms with Crippen LogP contribution in [0.3, 0.4) is 0 Å². The molecule has 1 aromatic carbocycles. The second kappa shape index (κ2) is 11.9. The van der Waals surface area contributed by atoms with Crippen molar-refractivity contribution < 1.29 is 0 Å². The molecule has 0 saturated carbocycles. The summed E-state index contributed by atoms with van der Waals surface area (Å²) in [7, 11) is 1.92. The van der Waals surface area contributed by atoms with Crippen molar-refractivity contribution in [2.75, 3.05) is 20.1 Å². The molecule has 34 heavy (non-hydrogen) atoms. The first-order valence-electron chi connectivity index (χ1n) is 12.4. The minimum Gasteiger partial charge on any atom is -0.404 e. The van der Waals surface area contributed by atoms with Gasteiger partial charge in [0.25, 0.3) is 0 Å². The van der Waals surface area contributed by atoms with Crippen LogP contribution in [0.2, 0.25) is 0 Å². The van der Waals surface area contributed by atoms with Crippen molar-refractivity contribution >= 4 is 29.8 Å². The molecule has 182 valence electrons. The average Bonchev–Trinajstić information content (AvgIpc) is 3.12. The number of aromatic nitrogens is 1. The molecule has 1 aliphatic rings. The van der Waals surface area contributed by atoms with Crippen molar-refractivity contribution in [2.24, 2.45) is 10.7 Å². The van der Waals surface area contributed by atoms with E-state index < -0.39 is 0 Å². The number of rotatable bonds is 10. The van der Waals surface area contributed by atoms with E-state index in [9.17, 15) is 0 Å². The van der Waals surface area contributed by atoms with Gasteiger partial charge in [-0.3, -0.25) is 4.99 Å². The SMILES string of the molecule is C=CC(CCC(=C)NC)n1c(=C)c(C)c2/c(=C\C)c(C/C(C=NC3CCNCC3)=C/N)ccc21. The molecule has 0 aliphatic carbocycles. The first kappa shape index (κ1) is 25.6. The maximum absolute atomic E-state index is 6.01. The Morgan fingerprint density at radius 2 is 2.09 bits per heavy atom. The van der Waals surface area contributed by atoms with Crippen molar-refractivity contribution in [1.82, 2.24) is 15.2 Å². The molecular formula is C29H41N5. The van der Waals surface area contributed by atoms with Crippen LogP contribution in [0.25, 0.3) is 23.6 Å². The zero-order valence-corrected chi connectivity index (χ0v) is 21.2. The molecule has 0 bridgehead atoms. The summed E-state index contributed by atoms with van der Waals surface area (Å²) >= 11 is 0. The summed E-state index contributed by atoms with van der Waals surface area (Å²) < 4.78 is 2.33. The third-order valence-corrected chi connectivity index (χ3v) is 7.03. The Labute approximate surface area is 204 Å². The largest absolute Gasteiger partial charge is 0.404 e. The molecule has 1 fully saturated rings. The minimum atomic E-state index is 0.154. The molecule has 4 N–H and O–H groups in total. The average molecular weight is 460 g/mol. The molecule has 0 spiro atoms. The van der Waals surface area contributed by atoms with Crippen molar-refractivity contribution in [2.45, 2.75) is 58.0 Å². The Balaban J connectivity index is 1.97. The molecule has 3 rings (SSSR count). The lowest BCUT2D eigenvalue weighted by molar-refractivity contribution is 0.461. The smallest absolute Gasteiger partial charge is 0.0523 e. The van der Waals surface area contributed by atoms with Crippen LogP contribution in [0.1, 0.15) is 49.8 Å². The third kappa shape index (κ3) is 5.53. The molecular weight excluding hydrogens is 418 g/mol. The van der Waals surface area contributed by atoms with Gasteiger partial charge in [-0.05, 0) is 86.8 Å². The predicted molar refractivity (Wildman–Crippen MR) is 149 cm³/mol. The van der Waals surface area contributed by atoms with Crippen molar-refractivity contribution in [3.8, 4) is 0 Å². The maximum Gasteiger partial charge on any atom is 0.0523 e. The van der Waals surface area contributed by atoms with E-state index in [-0.39, 0.29) is 6.04 Å². The van der Waals surface area contributed by atoms with Crippen LogP contribution in [-0.2, 0) is 6.42 Å². The minimum absolute atomic E-state index is 0.154. The third-order valence-electron chi connectivity index (χ3n) is 7.03. The summed E-state index contributed by atoms with van der Waals surface area (Å²) in [5, 5.41) is 10.1. The highest BCUT2D eigenvalue weighted by molar-refractivity contribution is 5.87. The molecule has 2 aromatic rings. The van der Waals surface area contributed by atoms with Crippen molar-refractivity contribution in [3.05, 3.63) is 70.5 Å². The number of allylic oxidation sites excluding steroid dienone is 3. The fourth-order valence-electron chi connectivity index (χ4n) is 4.90. The topological polar surface area (TPSA) is 67.4 Å². The van der Waals surface area contributed by atoms with Crippen LogP contribution in [0.5, 0.6) is 0 Å². The summed E-state index contributed by atoms with van der Waals surface area (Å²) in [6.45, 7) is 19.0. The normalized spacial score (nSPS) is 16.9. The molecule has 1 atom stereocenters. The van der Waals surface area contributed by atoms with E-state index in [2.05, 4.69) is 67.0 Å². The van der Waals surface area contributed by atoms with E-state index in [4.69, 9.17) is 10.7 Å². The van der Waals surface area contributed by atoms with Crippen LogP contribution in [0.4, 0.5) is 0 Å². The van der Waals surface area contributed by atoms with Gasteiger partial charge in [0.15, 0.2) is 0 Å². The highest BCUT2D eigenvalue weighted by Gasteiger charge is 2.17. The first-order chi connectivity index (χ1) is 16.4. The second-order valence-corrected chi connectivity index (χ2v) is 9.14. The van der Waals surface area contributed by atoms with Crippen LogP contribution in [-0.4, -0.2) is 37.0 Å². The summed E-state index contributed by atoms with van der Waals surface area (Å²) in [6.07, 6.45) is 12.6. The number of nitrogens with two attached hydrogens (primary N) is 1. The van der Waals surface area contributed by atoms with E-state index >= 15 is 0 Å².